The van der Waals surface area contributed by atoms with Crippen LogP contribution in [0.15, 0.2) is 24.3 Å². The Balaban J connectivity index is 2.50. The number of carbonyl (C=O) groups is 2. The Hall–Kier alpha value is -1.67. The second-order valence-electron chi connectivity index (χ2n) is 15.2. The Bertz CT molecular complexity index is 1090. The molecule has 1 aliphatic rings. The van der Waals surface area contributed by atoms with E-state index in [1.54, 1.807) is 0 Å². The van der Waals surface area contributed by atoms with E-state index < -0.39 is 75.7 Å². The number of esters is 2. The van der Waals surface area contributed by atoms with Crippen molar-refractivity contribution in [3.63, 3.8) is 0 Å². The number of carbonyl (C=O) groups excluding carboxylic acids is 2. The zero-order valence-corrected chi connectivity index (χ0v) is 35.3. The maximum Gasteiger partial charge on any atom is 0.472 e. The van der Waals surface area contributed by atoms with Gasteiger partial charge in [-0.1, -0.05) is 147 Å². The van der Waals surface area contributed by atoms with Gasteiger partial charge in [-0.15, -0.1) is 0 Å². The molecular weight excluding hydrogens is 743 g/mol. The van der Waals surface area contributed by atoms with Crippen molar-refractivity contribution in [2.24, 2.45) is 0 Å². The number of hydrogen-bond acceptors (Lipinski definition) is 12. The van der Waals surface area contributed by atoms with E-state index in [4.69, 9.17) is 18.5 Å². The van der Waals surface area contributed by atoms with Crippen molar-refractivity contribution in [1.29, 1.82) is 0 Å². The summed E-state index contributed by atoms with van der Waals surface area (Å²) in [6.07, 6.45) is 20.9. The van der Waals surface area contributed by atoms with Gasteiger partial charge >= 0.3 is 19.8 Å². The van der Waals surface area contributed by atoms with Crippen molar-refractivity contribution in [3.05, 3.63) is 24.3 Å². The van der Waals surface area contributed by atoms with Crippen molar-refractivity contribution in [2.75, 3.05) is 13.2 Å². The van der Waals surface area contributed by atoms with Crippen LogP contribution in [0.2, 0.25) is 0 Å². The molecule has 0 aromatic carbocycles. The normalized spacial score (nSPS) is 23.1. The van der Waals surface area contributed by atoms with E-state index in [0.717, 1.165) is 64.2 Å². The molecule has 0 amide bonds. The van der Waals surface area contributed by atoms with Crippen LogP contribution < -0.4 is 0 Å². The number of allylic oxidation sites excluding steroid dienone is 4. The van der Waals surface area contributed by atoms with Gasteiger partial charge in [0.1, 0.15) is 43.2 Å². The Morgan fingerprint density at radius 2 is 0.982 bits per heavy atom. The van der Waals surface area contributed by atoms with Crippen molar-refractivity contribution < 1.29 is 63.1 Å². The van der Waals surface area contributed by atoms with E-state index in [1.807, 2.05) is 0 Å². The predicted molar refractivity (Wildman–Crippen MR) is 217 cm³/mol. The molecule has 1 rings (SSSR count). The van der Waals surface area contributed by atoms with Crippen LogP contribution in [-0.2, 0) is 32.7 Å². The minimum atomic E-state index is -5.11. The Morgan fingerprint density at radius 3 is 1.50 bits per heavy atom. The van der Waals surface area contributed by atoms with Crippen LogP contribution >= 0.6 is 7.82 Å². The monoisotopic (exact) mass is 821 g/mol. The van der Waals surface area contributed by atoms with Crippen molar-refractivity contribution in [3.8, 4) is 0 Å². The number of phosphoric acid groups is 1. The highest BCUT2D eigenvalue weighted by molar-refractivity contribution is 7.47. The maximum atomic E-state index is 12.8. The van der Waals surface area contributed by atoms with Gasteiger partial charge in [0.05, 0.1) is 6.61 Å². The fourth-order valence-electron chi connectivity index (χ4n) is 6.48. The molecule has 6 unspecified atom stereocenters. The molecule has 14 heteroatoms. The number of rotatable bonds is 35. The molecule has 1 fully saturated rings. The SMILES string of the molecule is CCCC/C=C\C/C=C\CCCCCCCC(=O)O[C@H](COC(=O)CCCCCCCCCCCCCCC)COP(=O)(O)OC1C(O)C(O)C(O)[C@@H](O)C1O. The van der Waals surface area contributed by atoms with Crippen molar-refractivity contribution in [1.82, 2.24) is 0 Å². The molecule has 0 aliphatic heterocycles. The Morgan fingerprint density at radius 1 is 0.554 bits per heavy atom. The lowest BCUT2D eigenvalue weighted by atomic mass is 9.85. The maximum absolute atomic E-state index is 12.8. The van der Waals surface area contributed by atoms with Gasteiger partial charge < -0.3 is 39.9 Å². The molecule has 13 nitrogen and oxygen atoms in total. The van der Waals surface area contributed by atoms with E-state index >= 15 is 0 Å². The first-order chi connectivity index (χ1) is 26.9. The third kappa shape index (κ3) is 25.6. The van der Waals surface area contributed by atoms with E-state index in [2.05, 4.69) is 38.2 Å². The Kier molecular flexibility index (Phi) is 31.0. The number of phosphoric ester groups is 1. The summed E-state index contributed by atoms with van der Waals surface area (Å²) < 4.78 is 33.4. The van der Waals surface area contributed by atoms with Crippen LogP contribution in [0, 0.1) is 0 Å². The number of unbranched alkanes of at least 4 members (excludes halogenated alkanes) is 19. The summed E-state index contributed by atoms with van der Waals surface area (Å²) in [6, 6.07) is 0. The number of aliphatic hydroxyl groups excluding tert-OH is 5. The second-order valence-corrected chi connectivity index (χ2v) is 16.6. The summed E-state index contributed by atoms with van der Waals surface area (Å²) in [6.45, 7) is 3.23. The highest BCUT2D eigenvalue weighted by Crippen LogP contribution is 2.47. The molecule has 0 aromatic rings. The van der Waals surface area contributed by atoms with Gasteiger partial charge in [-0.05, 0) is 38.5 Å². The van der Waals surface area contributed by atoms with Gasteiger partial charge in [-0.3, -0.25) is 18.6 Å². The number of aliphatic hydroxyl groups is 5. The molecule has 0 heterocycles. The lowest BCUT2D eigenvalue weighted by Crippen LogP contribution is -2.64. The summed E-state index contributed by atoms with van der Waals surface area (Å²) in [7, 11) is -5.11. The summed E-state index contributed by atoms with van der Waals surface area (Å²) in [5.41, 5.74) is 0. The quantitative estimate of drug-likeness (QED) is 0.0157. The first-order valence-electron chi connectivity index (χ1n) is 21.6. The molecule has 1 aliphatic carbocycles. The zero-order valence-electron chi connectivity index (χ0n) is 34.4. The van der Waals surface area contributed by atoms with Crippen LogP contribution in [0.4, 0.5) is 0 Å². The Labute approximate surface area is 336 Å². The minimum absolute atomic E-state index is 0.0829. The summed E-state index contributed by atoms with van der Waals surface area (Å²) in [4.78, 5) is 35.6. The zero-order chi connectivity index (χ0) is 41.4. The fraction of sp³-hybridized carbons (Fsp3) is 0.857. The van der Waals surface area contributed by atoms with Gasteiger partial charge in [-0.25, -0.2) is 4.57 Å². The lowest BCUT2D eigenvalue weighted by Gasteiger charge is -2.41. The van der Waals surface area contributed by atoms with Crippen LogP contribution in [0.5, 0.6) is 0 Å². The van der Waals surface area contributed by atoms with Crippen LogP contribution in [0.3, 0.4) is 0 Å². The third-order valence-corrected chi connectivity index (χ3v) is 11.0. The van der Waals surface area contributed by atoms with Crippen LogP contribution in [0.25, 0.3) is 0 Å². The van der Waals surface area contributed by atoms with Gasteiger partial charge in [-0.2, -0.15) is 0 Å². The molecule has 1 saturated carbocycles. The molecule has 0 spiro atoms. The average Bonchev–Trinajstić information content (AvgIpc) is 3.18. The molecule has 6 N–H and O–H groups in total. The predicted octanol–water partition coefficient (Wildman–Crippen LogP) is 7.67. The van der Waals surface area contributed by atoms with E-state index in [-0.39, 0.29) is 12.8 Å². The van der Waals surface area contributed by atoms with Gasteiger partial charge in [0.15, 0.2) is 6.10 Å². The number of ether oxygens (including phenoxy) is 2. The summed E-state index contributed by atoms with van der Waals surface area (Å²) >= 11 is 0. The largest absolute Gasteiger partial charge is 0.472 e. The summed E-state index contributed by atoms with van der Waals surface area (Å²) in [5.74, 6) is -1.11. The molecule has 56 heavy (non-hydrogen) atoms. The third-order valence-electron chi connectivity index (χ3n) is 10.0. The van der Waals surface area contributed by atoms with Crippen molar-refractivity contribution >= 4 is 19.8 Å². The fourth-order valence-corrected chi connectivity index (χ4v) is 7.45. The second kappa shape index (κ2) is 33.2. The average molecular weight is 821 g/mol. The highest BCUT2D eigenvalue weighted by Gasteiger charge is 2.51. The smallest absolute Gasteiger partial charge is 0.462 e. The van der Waals surface area contributed by atoms with E-state index in [0.29, 0.717) is 12.8 Å². The number of hydrogen-bond donors (Lipinski definition) is 6. The summed E-state index contributed by atoms with van der Waals surface area (Å²) in [5, 5.41) is 50.0. The van der Waals surface area contributed by atoms with Crippen LogP contribution in [0.1, 0.15) is 174 Å². The topological polar surface area (TPSA) is 210 Å². The molecule has 0 saturated heterocycles. The van der Waals surface area contributed by atoms with E-state index in [1.165, 1.54) is 70.6 Å². The molecular formula is C42H77O13P. The molecule has 0 bridgehead atoms. The molecule has 0 aromatic heterocycles. The first kappa shape index (κ1) is 52.3. The molecule has 328 valence electrons. The first-order valence-corrected chi connectivity index (χ1v) is 23.1. The van der Waals surface area contributed by atoms with Gasteiger partial charge in [0, 0.05) is 12.8 Å². The highest BCUT2D eigenvalue weighted by atomic mass is 31.2. The van der Waals surface area contributed by atoms with Gasteiger partial charge in [0.2, 0.25) is 0 Å². The molecule has 0 radical (unpaired) electrons. The van der Waals surface area contributed by atoms with Crippen LogP contribution in [-0.4, -0.2) is 98.3 Å². The minimum Gasteiger partial charge on any atom is -0.462 e. The lowest BCUT2D eigenvalue weighted by molar-refractivity contribution is -0.220. The van der Waals surface area contributed by atoms with Gasteiger partial charge in [0.25, 0.3) is 0 Å². The standard InChI is InChI=1S/C42H77O13P/c1-3-5-7-9-11-13-15-17-19-21-23-25-27-29-31-36(44)54-34(33-53-56(50,51)55-42-40(48)38(46)37(45)39(47)41(42)49)32-52-35(43)30-28-26-24-22-20-18-16-14-12-10-8-6-4-2/h9,11,15,17,34,37-42,45-49H,3-8,10,12-14,16,18-33H2,1-2H3,(H,50,51)/b11-9-,17-15-/t34-,37?,38-,39?,40?,41?,42?/m1/s1. The van der Waals surface area contributed by atoms with E-state index in [9.17, 15) is 44.6 Å². The van der Waals surface area contributed by atoms with Crippen molar-refractivity contribution in [2.45, 2.75) is 217 Å². The molecule has 8 atom stereocenters.